The molecular formula is C14H19N3O2. The first kappa shape index (κ1) is 13.5. The van der Waals surface area contributed by atoms with E-state index in [1.807, 2.05) is 24.3 Å². The molecule has 2 rings (SSSR count). The van der Waals surface area contributed by atoms with Crippen LogP contribution < -0.4 is 11.5 Å². The predicted molar refractivity (Wildman–Crippen MR) is 71.9 cm³/mol. The SMILES string of the molecule is CC(CN)C(=O)N1Cc2ccccc2C[C@H]1C(N)=O. The van der Waals surface area contributed by atoms with Gasteiger partial charge in [0.2, 0.25) is 11.8 Å². The van der Waals surface area contributed by atoms with Crippen molar-refractivity contribution in [2.75, 3.05) is 6.54 Å². The Hall–Kier alpha value is -1.88. The Labute approximate surface area is 112 Å². The molecule has 1 heterocycles. The number of amides is 2. The van der Waals surface area contributed by atoms with E-state index in [1.54, 1.807) is 11.8 Å². The average molecular weight is 261 g/mol. The van der Waals surface area contributed by atoms with Crippen LogP contribution in [0.4, 0.5) is 0 Å². The highest BCUT2D eigenvalue weighted by Gasteiger charge is 2.34. The van der Waals surface area contributed by atoms with Crippen LogP contribution in [0.15, 0.2) is 24.3 Å². The standard InChI is InChI=1S/C14H19N3O2/c1-9(7-15)14(19)17-8-11-5-3-2-4-10(11)6-12(17)13(16)18/h2-5,9,12H,6-8,15H2,1H3,(H2,16,18)/t9?,12-/m0/s1. The molecule has 0 aromatic heterocycles. The van der Waals surface area contributed by atoms with Crippen LogP contribution >= 0.6 is 0 Å². The molecule has 2 amide bonds. The van der Waals surface area contributed by atoms with E-state index in [1.165, 1.54) is 0 Å². The summed E-state index contributed by atoms with van der Waals surface area (Å²) in [6.45, 7) is 2.45. The van der Waals surface area contributed by atoms with Crippen molar-refractivity contribution in [3.8, 4) is 0 Å². The number of fused-ring (bicyclic) bond motifs is 1. The van der Waals surface area contributed by atoms with Crippen LogP contribution in [-0.4, -0.2) is 29.3 Å². The molecular weight excluding hydrogens is 242 g/mol. The second kappa shape index (κ2) is 5.40. The zero-order chi connectivity index (χ0) is 14.0. The van der Waals surface area contributed by atoms with Gasteiger partial charge in [-0.15, -0.1) is 0 Å². The van der Waals surface area contributed by atoms with Crippen molar-refractivity contribution >= 4 is 11.8 Å². The van der Waals surface area contributed by atoms with Crippen molar-refractivity contribution in [3.05, 3.63) is 35.4 Å². The lowest BCUT2D eigenvalue weighted by Crippen LogP contribution is -2.53. The van der Waals surface area contributed by atoms with Crippen LogP contribution in [0.2, 0.25) is 0 Å². The molecule has 0 spiro atoms. The lowest BCUT2D eigenvalue weighted by molar-refractivity contribution is -0.143. The third-order valence-corrected chi connectivity index (χ3v) is 3.64. The average Bonchev–Trinajstić information content (AvgIpc) is 2.44. The molecule has 1 aliphatic rings. The third kappa shape index (κ3) is 2.61. The van der Waals surface area contributed by atoms with Crippen molar-refractivity contribution in [3.63, 3.8) is 0 Å². The zero-order valence-electron chi connectivity index (χ0n) is 11.0. The molecule has 0 radical (unpaired) electrons. The number of hydrogen-bond acceptors (Lipinski definition) is 3. The Bertz CT molecular complexity index is 501. The fourth-order valence-electron chi connectivity index (χ4n) is 2.39. The van der Waals surface area contributed by atoms with Gasteiger partial charge in [0.1, 0.15) is 6.04 Å². The molecule has 19 heavy (non-hydrogen) atoms. The van der Waals surface area contributed by atoms with E-state index in [4.69, 9.17) is 11.5 Å². The maximum absolute atomic E-state index is 12.3. The molecule has 1 aliphatic heterocycles. The van der Waals surface area contributed by atoms with Crippen LogP contribution in [0.5, 0.6) is 0 Å². The van der Waals surface area contributed by atoms with Crippen molar-refractivity contribution in [2.24, 2.45) is 17.4 Å². The molecule has 4 N–H and O–H groups in total. The Morgan fingerprint density at radius 3 is 2.58 bits per heavy atom. The Kier molecular flexibility index (Phi) is 3.85. The molecule has 1 aromatic carbocycles. The predicted octanol–water partition coefficient (Wildman–Crippen LogP) is 0.0200. The van der Waals surface area contributed by atoms with Gasteiger partial charge in [0, 0.05) is 25.4 Å². The number of nitrogens with zero attached hydrogens (tertiary/aromatic N) is 1. The quantitative estimate of drug-likeness (QED) is 0.803. The van der Waals surface area contributed by atoms with Crippen LogP contribution in [0.25, 0.3) is 0 Å². The highest BCUT2D eigenvalue weighted by atomic mass is 16.2. The maximum Gasteiger partial charge on any atom is 0.240 e. The van der Waals surface area contributed by atoms with Gasteiger partial charge in [-0.2, -0.15) is 0 Å². The summed E-state index contributed by atoms with van der Waals surface area (Å²) < 4.78 is 0. The van der Waals surface area contributed by atoms with E-state index >= 15 is 0 Å². The molecule has 0 aliphatic carbocycles. The lowest BCUT2D eigenvalue weighted by atomic mass is 9.92. The smallest absolute Gasteiger partial charge is 0.240 e. The van der Waals surface area contributed by atoms with Crippen molar-refractivity contribution in [2.45, 2.75) is 25.9 Å². The second-order valence-electron chi connectivity index (χ2n) is 4.99. The van der Waals surface area contributed by atoms with Gasteiger partial charge < -0.3 is 16.4 Å². The first-order valence-corrected chi connectivity index (χ1v) is 6.41. The fraction of sp³-hybridized carbons (Fsp3) is 0.429. The first-order valence-electron chi connectivity index (χ1n) is 6.41. The minimum atomic E-state index is -0.573. The first-order chi connectivity index (χ1) is 9.04. The van der Waals surface area contributed by atoms with Gasteiger partial charge in [-0.1, -0.05) is 31.2 Å². The molecule has 5 nitrogen and oxygen atoms in total. The van der Waals surface area contributed by atoms with Crippen LogP contribution in [0.1, 0.15) is 18.1 Å². The molecule has 1 unspecified atom stereocenters. The van der Waals surface area contributed by atoms with E-state index in [0.717, 1.165) is 11.1 Å². The summed E-state index contributed by atoms with van der Waals surface area (Å²) in [6.07, 6.45) is 0.481. The Balaban J connectivity index is 2.31. The zero-order valence-corrected chi connectivity index (χ0v) is 11.0. The van der Waals surface area contributed by atoms with Gasteiger partial charge in [-0.05, 0) is 11.1 Å². The molecule has 2 atom stereocenters. The topological polar surface area (TPSA) is 89.4 Å². The number of hydrogen-bond donors (Lipinski definition) is 2. The Morgan fingerprint density at radius 1 is 1.37 bits per heavy atom. The summed E-state index contributed by atoms with van der Waals surface area (Å²) in [6, 6.07) is 7.23. The summed E-state index contributed by atoms with van der Waals surface area (Å²) in [5, 5.41) is 0. The molecule has 1 aromatic rings. The second-order valence-corrected chi connectivity index (χ2v) is 4.99. The van der Waals surface area contributed by atoms with E-state index in [2.05, 4.69) is 0 Å². The van der Waals surface area contributed by atoms with Gasteiger partial charge in [0.05, 0.1) is 0 Å². The van der Waals surface area contributed by atoms with E-state index in [0.29, 0.717) is 13.0 Å². The number of rotatable bonds is 3. The largest absolute Gasteiger partial charge is 0.368 e. The maximum atomic E-state index is 12.3. The van der Waals surface area contributed by atoms with Crippen molar-refractivity contribution in [1.29, 1.82) is 0 Å². The van der Waals surface area contributed by atoms with Gasteiger partial charge in [-0.3, -0.25) is 9.59 Å². The van der Waals surface area contributed by atoms with E-state index in [-0.39, 0.29) is 18.4 Å². The van der Waals surface area contributed by atoms with Gasteiger partial charge in [0.15, 0.2) is 0 Å². The van der Waals surface area contributed by atoms with E-state index in [9.17, 15) is 9.59 Å². The van der Waals surface area contributed by atoms with Gasteiger partial charge >= 0.3 is 0 Å². The number of carbonyl (C=O) groups is 2. The molecule has 102 valence electrons. The molecule has 0 saturated heterocycles. The number of carbonyl (C=O) groups excluding carboxylic acids is 2. The van der Waals surface area contributed by atoms with Crippen molar-refractivity contribution in [1.82, 2.24) is 4.90 Å². The summed E-state index contributed by atoms with van der Waals surface area (Å²) in [7, 11) is 0. The third-order valence-electron chi connectivity index (χ3n) is 3.64. The minimum absolute atomic E-state index is 0.110. The van der Waals surface area contributed by atoms with Crippen LogP contribution in [0.3, 0.4) is 0 Å². The molecule has 5 heteroatoms. The Morgan fingerprint density at radius 2 is 2.00 bits per heavy atom. The molecule has 0 fully saturated rings. The monoisotopic (exact) mass is 261 g/mol. The highest BCUT2D eigenvalue weighted by molar-refractivity contribution is 5.88. The number of primary amides is 1. The summed E-state index contributed by atoms with van der Waals surface area (Å²) >= 11 is 0. The highest BCUT2D eigenvalue weighted by Crippen LogP contribution is 2.24. The van der Waals surface area contributed by atoms with E-state index < -0.39 is 11.9 Å². The molecule has 0 saturated carbocycles. The summed E-state index contributed by atoms with van der Waals surface area (Å²) in [5.74, 6) is -0.875. The van der Waals surface area contributed by atoms with Crippen LogP contribution in [-0.2, 0) is 22.6 Å². The normalized spacial score (nSPS) is 19.7. The summed E-state index contributed by atoms with van der Waals surface area (Å²) in [4.78, 5) is 25.4. The minimum Gasteiger partial charge on any atom is -0.368 e. The van der Waals surface area contributed by atoms with Crippen LogP contribution in [0, 0.1) is 5.92 Å². The van der Waals surface area contributed by atoms with Gasteiger partial charge in [0.25, 0.3) is 0 Å². The molecule has 0 bridgehead atoms. The summed E-state index contributed by atoms with van der Waals surface area (Å²) in [5.41, 5.74) is 13.1. The number of nitrogens with two attached hydrogens (primary N) is 2. The fourth-order valence-corrected chi connectivity index (χ4v) is 2.39. The van der Waals surface area contributed by atoms with Gasteiger partial charge in [-0.25, -0.2) is 0 Å². The van der Waals surface area contributed by atoms with Crippen molar-refractivity contribution < 1.29 is 9.59 Å². The number of benzene rings is 1. The lowest BCUT2D eigenvalue weighted by Gasteiger charge is -2.36.